The van der Waals surface area contributed by atoms with E-state index in [4.69, 9.17) is 9.47 Å². The van der Waals surface area contributed by atoms with Gasteiger partial charge in [-0.1, -0.05) is 52.9 Å². The van der Waals surface area contributed by atoms with Crippen molar-refractivity contribution in [1.29, 1.82) is 0 Å². The number of hydrogen-bond acceptors (Lipinski definition) is 2. The van der Waals surface area contributed by atoms with Crippen molar-refractivity contribution in [3.05, 3.63) is 70.8 Å². The van der Waals surface area contributed by atoms with E-state index in [9.17, 15) is 26.3 Å². The van der Waals surface area contributed by atoms with Crippen molar-refractivity contribution >= 4 is 22.6 Å². The van der Waals surface area contributed by atoms with E-state index in [2.05, 4.69) is 22.6 Å². The molecule has 0 saturated carbocycles. The fourth-order valence-corrected chi connectivity index (χ4v) is 4.83. The molecule has 2 nitrogen and oxygen atoms in total. The summed E-state index contributed by atoms with van der Waals surface area (Å²) in [6, 6.07) is 11.1. The zero-order valence-corrected chi connectivity index (χ0v) is 19.4. The van der Waals surface area contributed by atoms with Crippen molar-refractivity contribution < 1.29 is 35.8 Å². The second-order valence-corrected chi connectivity index (χ2v) is 8.90. The molecule has 0 N–H and O–H groups in total. The zero-order chi connectivity index (χ0) is 23.5. The van der Waals surface area contributed by atoms with E-state index in [0.717, 1.165) is 22.8 Å². The first-order chi connectivity index (χ1) is 15.0. The minimum Gasteiger partial charge on any atom is -0.352 e. The standard InChI is InChI=1S/C23H23F6IO2/c1-14(17-11-18(22(24,25)26)13-19(12-17)23(27,28)29)32-21-20(15-5-3-2-4-6-15)16(7-9-30)8-10-31-21/h2-6,11-14,16,20-21H,7-10H2,1H3/t14?,16-,20-,21+/m0/s1. The smallest absolute Gasteiger partial charge is 0.352 e. The van der Waals surface area contributed by atoms with Gasteiger partial charge in [0.2, 0.25) is 0 Å². The molecule has 1 fully saturated rings. The number of benzene rings is 2. The summed E-state index contributed by atoms with van der Waals surface area (Å²) in [5.41, 5.74) is -1.94. The fourth-order valence-electron chi connectivity index (χ4n) is 4.03. The lowest BCUT2D eigenvalue weighted by Gasteiger charge is -2.39. The molecule has 1 heterocycles. The van der Waals surface area contributed by atoms with Crippen LogP contribution in [-0.4, -0.2) is 17.3 Å². The quantitative estimate of drug-likeness (QED) is 0.200. The van der Waals surface area contributed by atoms with E-state index in [1.54, 1.807) is 0 Å². The van der Waals surface area contributed by atoms with E-state index in [1.807, 2.05) is 30.3 Å². The molecule has 1 aliphatic rings. The first-order valence-corrected chi connectivity index (χ1v) is 11.7. The van der Waals surface area contributed by atoms with Gasteiger partial charge in [0.15, 0.2) is 6.29 Å². The molecule has 0 spiro atoms. The molecular weight excluding hydrogens is 549 g/mol. The Labute approximate surface area is 196 Å². The summed E-state index contributed by atoms with van der Waals surface area (Å²) in [7, 11) is 0. The first-order valence-electron chi connectivity index (χ1n) is 10.2. The van der Waals surface area contributed by atoms with E-state index in [0.29, 0.717) is 18.7 Å². The maximum atomic E-state index is 13.2. The van der Waals surface area contributed by atoms with E-state index in [-0.39, 0.29) is 23.5 Å². The van der Waals surface area contributed by atoms with Crippen LogP contribution < -0.4 is 0 Å². The normalized spacial score (nSPS) is 23.2. The molecule has 0 radical (unpaired) electrons. The molecule has 176 valence electrons. The third kappa shape index (κ3) is 6.17. The highest BCUT2D eigenvalue weighted by molar-refractivity contribution is 14.1. The van der Waals surface area contributed by atoms with Gasteiger partial charge in [0.1, 0.15) is 0 Å². The average molecular weight is 572 g/mol. The number of ether oxygens (including phenoxy) is 2. The van der Waals surface area contributed by atoms with Gasteiger partial charge in [-0.2, -0.15) is 26.3 Å². The summed E-state index contributed by atoms with van der Waals surface area (Å²) in [6.07, 6.45) is -9.92. The average Bonchev–Trinajstić information content (AvgIpc) is 2.73. The summed E-state index contributed by atoms with van der Waals surface area (Å²) >= 11 is 2.29. The van der Waals surface area contributed by atoms with Crippen LogP contribution in [0, 0.1) is 5.92 Å². The second kappa shape index (κ2) is 10.3. The van der Waals surface area contributed by atoms with Gasteiger partial charge in [-0.25, -0.2) is 0 Å². The Hall–Kier alpha value is -1.33. The molecule has 4 atom stereocenters. The SMILES string of the molecule is CC(O[C@H]1OCC[C@H](CCI)[C@@H]1c1ccccc1)c1cc(C(F)(F)F)cc(C(F)(F)F)c1. The second-order valence-electron chi connectivity index (χ2n) is 7.82. The molecule has 2 aromatic carbocycles. The highest BCUT2D eigenvalue weighted by atomic mass is 127. The molecule has 32 heavy (non-hydrogen) atoms. The summed E-state index contributed by atoms with van der Waals surface area (Å²) in [4.78, 5) is 0. The van der Waals surface area contributed by atoms with E-state index in [1.165, 1.54) is 6.92 Å². The van der Waals surface area contributed by atoms with Crippen LogP contribution in [0.25, 0.3) is 0 Å². The number of alkyl halides is 7. The largest absolute Gasteiger partial charge is 0.416 e. The lowest BCUT2D eigenvalue weighted by molar-refractivity contribution is -0.209. The Morgan fingerprint density at radius 2 is 1.59 bits per heavy atom. The predicted molar refractivity (Wildman–Crippen MR) is 116 cm³/mol. The van der Waals surface area contributed by atoms with Gasteiger partial charge in [-0.3, -0.25) is 0 Å². The molecule has 9 heteroatoms. The molecule has 2 aromatic rings. The molecule has 3 rings (SSSR count). The third-order valence-corrected chi connectivity index (χ3v) is 6.28. The van der Waals surface area contributed by atoms with Gasteiger partial charge in [0, 0.05) is 5.92 Å². The highest BCUT2D eigenvalue weighted by Gasteiger charge is 2.39. The lowest BCUT2D eigenvalue weighted by atomic mass is 9.80. The van der Waals surface area contributed by atoms with Gasteiger partial charge in [0.25, 0.3) is 0 Å². The Morgan fingerprint density at radius 3 is 2.12 bits per heavy atom. The van der Waals surface area contributed by atoms with Crippen molar-refractivity contribution in [1.82, 2.24) is 0 Å². The molecule has 1 unspecified atom stereocenters. The predicted octanol–water partition coefficient (Wildman–Crippen LogP) is 7.77. The van der Waals surface area contributed by atoms with Crippen LogP contribution in [0.2, 0.25) is 0 Å². The molecule has 0 aliphatic carbocycles. The highest BCUT2D eigenvalue weighted by Crippen LogP contribution is 2.42. The monoisotopic (exact) mass is 572 g/mol. The van der Waals surface area contributed by atoms with Crippen LogP contribution in [0.1, 0.15) is 54.0 Å². The van der Waals surface area contributed by atoms with Crippen LogP contribution in [0.3, 0.4) is 0 Å². The number of hydrogen-bond donors (Lipinski definition) is 0. The number of rotatable bonds is 6. The Balaban J connectivity index is 1.93. The Bertz CT molecular complexity index is 850. The lowest BCUT2D eigenvalue weighted by Crippen LogP contribution is -2.37. The summed E-state index contributed by atoms with van der Waals surface area (Å²) < 4.78 is 92.2. The fraction of sp³-hybridized carbons (Fsp3) is 0.478. The van der Waals surface area contributed by atoms with E-state index < -0.39 is 35.9 Å². The van der Waals surface area contributed by atoms with Crippen molar-refractivity contribution in [3.8, 4) is 0 Å². The molecule has 1 saturated heterocycles. The van der Waals surface area contributed by atoms with Crippen molar-refractivity contribution in [2.45, 2.75) is 50.4 Å². The van der Waals surface area contributed by atoms with Gasteiger partial charge >= 0.3 is 12.4 Å². The van der Waals surface area contributed by atoms with Gasteiger partial charge < -0.3 is 9.47 Å². The van der Waals surface area contributed by atoms with Crippen molar-refractivity contribution in [3.63, 3.8) is 0 Å². The maximum absolute atomic E-state index is 13.2. The minimum atomic E-state index is -4.91. The van der Waals surface area contributed by atoms with Gasteiger partial charge in [0.05, 0.1) is 23.8 Å². The Kier molecular flexibility index (Phi) is 8.14. The third-order valence-electron chi connectivity index (χ3n) is 5.65. The van der Waals surface area contributed by atoms with Gasteiger partial charge in [-0.05, 0) is 59.4 Å². The maximum Gasteiger partial charge on any atom is 0.416 e. The topological polar surface area (TPSA) is 18.5 Å². The summed E-state index contributed by atoms with van der Waals surface area (Å²) in [5.74, 6) is 0.0579. The molecule has 0 aromatic heterocycles. The molecule has 0 bridgehead atoms. The Morgan fingerprint density at radius 1 is 1.00 bits per heavy atom. The summed E-state index contributed by atoms with van der Waals surface area (Å²) in [6.45, 7) is 1.86. The first kappa shape index (κ1) is 25.3. The van der Waals surface area contributed by atoms with Crippen LogP contribution >= 0.6 is 22.6 Å². The van der Waals surface area contributed by atoms with Crippen LogP contribution in [-0.2, 0) is 21.8 Å². The molecule has 1 aliphatic heterocycles. The number of halogens is 7. The van der Waals surface area contributed by atoms with Crippen molar-refractivity contribution in [2.24, 2.45) is 5.92 Å². The molecular formula is C23H23F6IO2. The van der Waals surface area contributed by atoms with Crippen molar-refractivity contribution in [2.75, 3.05) is 11.0 Å². The van der Waals surface area contributed by atoms with E-state index >= 15 is 0 Å². The minimum absolute atomic E-state index is 0.122. The molecule has 0 amide bonds. The van der Waals surface area contributed by atoms with Crippen LogP contribution in [0.4, 0.5) is 26.3 Å². The van der Waals surface area contributed by atoms with Gasteiger partial charge in [-0.15, -0.1) is 0 Å². The summed E-state index contributed by atoms with van der Waals surface area (Å²) in [5, 5.41) is 0. The zero-order valence-electron chi connectivity index (χ0n) is 17.2. The van der Waals surface area contributed by atoms with Crippen LogP contribution in [0.5, 0.6) is 0 Å². The van der Waals surface area contributed by atoms with Crippen LogP contribution in [0.15, 0.2) is 48.5 Å².